The minimum Gasteiger partial charge on any atom is -0.409 e. The van der Waals surface area contributed by atoms with Crippen LogP contribution in [0.2, 0.25) is 0 Å². The molecule has 1 fully saturated rings. The summed E-state index contributed by atoms with van der Waals surface area (Å²) in [6.45, 7) is 4.78. The number of ether oxygens (including phenoxy) is 1. The second-order valence-electron chi connectivity index (χ2n) is 6.68. The number of pyridine rings is 1. The summed E-state index contributed by atoms with van der Waals surface area (Å²) in [4.78, 5) is 31.2. The third kappa shape index (κ3) is 8.41. The predicted octanol–water partition coefficient (Wildman–Crippen LogP) is 2.76. The molecule has 172 valence electrons. The van der Waals surface area contributed by atoms with E-state index < -0.39 is 6.09 Å². The maximum absolute atomic E-state index is 11.4. The SMILES string of the molecule is CC(=O)N1CCN(c2ccc(CCc3ccc(OC(=O)NN)cc3)nc2)CC1.Cl.Cl.Cl. The van der Waals surface area contributed by atoms with Crippen molar-refractivity contribution >= 4 is 54.9 Å². The maximum atomic E-state index is 11.4. The molecular weight excluding hydrogens is 465 g/mol. The molecule has 1 aromatic carbocycles. The summed E-state index contributed by atoms with van der Waals surface area (Å²) in [6.07, 6.45) is 2.87. The monoisotopic (exact) mass is 491 g/mol. The number of amides is 2. The number of hydrogen-bond donors (Lipinski definition) is 2. The van der Waals surface area contributed by atoms with E-state index in [0.717, 1.165) is 56.0 Å². The van der Waals surface area contributed by atoms with Crippen molar-refractivity contribution in [2.24, 2.45) is 5.84 Å². The zero-order valence-corrected chi connectivity index (χ0v) is 19.6. The van der Waals surface area contributed by atoms with Crippen molar-refractivity contribution in [2.75, 3.05) is 31.1 Å². The highest BCUT2D eigenvalue weighted by Crippen LogP contribution is 2.17. The lowest BCUT2D eigenvalue weighted by atomic mass is 10.1. The first-order chi connectivity index (χ1) is 13.5. The average molecular weight is 493 g/mol. The zero-order chi connectivity index (χ0) is 19.9. The van der Waals surface area contributed by atoms with Crippen LogP contribution in [0.25, 0.3) is 0 Å². The Morgan fingerprint density at radius 2 is 1.65 bits per heavy atom. The lowest BCUT2D eigenvalue weighted by Crippen LogP contribution is -2.48. The van der Waals surface area contributed by atoms with Crippen LogP contribution in [0.15, 0.2) is 42.6 Å². The van der Waals surface area contributed by atoms with E-state index in [1.54, 1.807) is 19.1 Å². The molecule has 31 heavy (non-hydrogen) atoms. The average Bonchev–Trinajstić information content (AvgIpc) is 2.73. The topological polar surface area (TPSA) is 101 Å². The summed E-state index contributed by atoms with van der Waals surface area (Å²) in [6, 6.07) is 11.5. The summed E-state index contributed by atoms with van der Waals surface area (Å²) in [5.74, 6) is 5.57. The van der Waals surface area contributed by atoms with Gasteiger partial charge in [-0.05, 0) is 42.7 Å². The van der Waals surface area contributed by atoms with Crippen molar-refractivity contribution in [3.63, 3.8) is 0 Å². The van der Waals surface area contributed by atoms with Gasteiger partial charge in [0.25, 0.3) is 0 Å². The van der Waals surface area contributed by atoms with Gasteiger partial charge in [0.1, 0.15) is 5.75 Å². The Labute approximate surface area is 200 Å². The Bertz CT molecular complexity index is 814. The smallest absolute Gasteiger partial charge is 0.409 e. The highest BCUT2D eigenvalue weighted by atomic mass is 35.5. The number of carbonyl (C=O) groups is 2. The molecule has 0 radical (unpaired) electrons. The predicted molar refractivity (Wildman–Crippen MR) is 128 cm³/mol. The molecule has 3 rings (SSSR count). The summed E-state index contributed by atoms with van der Waals surface area (Å²) >= 11 is 0. The fourth-order valence-electron chi connectivity index (χ4n) is 3.16. The van der Waals surface area contributed by atoms with Crippen molar-refractivity contribution in [3.8, 4) is 5.75 Å². The van der Waals surface area contributed by atoms with Gasteiger partial charge in [-0.2, -0.15) is 0 Å². The van der Waals surface area contributed by atoms with Crippen LogP contribution in [-0.4, -0.2) is 48.1 Å². The molecule has 11 heteroatoms. The normalized spacial score (nSPS) is 12.6. The van der Waals surface area contributed by atoms with Crippen molar-refractivity contribution in [3.05, 3.63) is 53.9 Å². The van der Waals surface area contributed by atoms with Crippen LogP contribution in [-0.2, 0) is 17.6 Å². The van der Waals surface area contributed by atoms with E-state index in [2.05, 4.69) is 22.0 Å². The Morgan fingerprint density at radius 3 is 2.16 bits per heavy atom. The van der Waals surface area contributed by atoms with E-state index >= 15 is 0 Å². The Hall–Kier alpha value is -2.26. The summed E-state index contributed by atoms with van der Waals surface area (Å²) in [5, 5.41) is 0. The van der Waals surface area contributed by atoms with Gasteiger partial charge in [0, 0.05) is 38.8 Å². The van der Waals surface area contributed by atoms with Gasteiger partial charge in [0.05, 0.1) is 11.9 Å². The quantitative estimate of drug-likeness (QED) is 0.378. The highest BCUT2D eigenvalue weighted by molar-refractivity contribution is 5.86. The first-order valence-corrected chi connectivity index (χ1v) is 9.28. The van der Waals surface area contributed by atoms with Gasteiger partial charge >= 0.3 is 6.09 Å². The minimum absolute atomic E-state index is 0. The molecule has 0 aliphatic carbocycles. The molecule has 2 heterocycles. The Morgan fingerprint density at radius 1 is 1.00 bits per heavy atom. The molecule has 1 aliphatic heterocycles. The molecule has 1 saturated heterocycles. The van der Waals surface area contributed by atoms with Gasteiger partial charge in [0.2, 0.25) is 5.91 Å². The number of anilines is 1. The number of rotatable bonds is 5. The second kappa shape index (κ2) is 13.9. The van der Waals surface area contributed by atoms with Crippen molar-refractivity contribution in [1.29, 1.82) is 0 Å². The molecule has 3 N–H and O–H groups in total. The van der Waals surface area contributed by atoms with Crippen LogP contribution in [0.5, 0.6) is 5.75 Å². The molecule has 0 spiro atoms. The first kappa shape index (κ1) is 28.7. The van der Waals surface area contributed by atoms with E-state index in [1.807, 2.05) is 28.7 Å². The Balaban J connectivity index is 0.00000300. The van der Waals surface area contributed by atoms with Gasteiger partial charge in [-0.25, -0.2) is 10.6 Å². The van der Waals surface area contributed by atoms with Crippen LogP contribution in [0, 0.1) is 0 Å². The third-order valence-electron chi connectivity index (χ3n) is 4.82. The summed E-state index contributed by atoms with van der Waals surface area (Å²) in [5.41, 5.74) is 5.16. The van der Waals surface area contributed by atoms with Crippen LogP contribution < -0.4 is 20.9 Å². The van der Waals surface area contributed by atoms with E-state index in [-0.39, 0.29) is 43.1 Å². The molecule has 0 unspecified atom stereocenters. The molecule has 2 amide bonds. The lowest BCUT2D eigenvalue weighted by molar-refractivity contribution is -0.129. The van der Waals surface area contributed by atoms with Gasteiger partial charge < -0.3 is 14.5 Å². The fourth-order valence-corrected chi connectivity index (χ4v) is 3.16. The molecular formula is C20H28Cl3N5O3. The molecule has 0 atom stereocenters. The van der Waals surface area contributed by atoms with Crippen LogP contribution >= 0.6 is 37.2 Å². The van der Waals surface area contributed by atoms with Crippen LogP contribution in [0.1, 0.15) is 18.2 Å². The van der Waals surface area contributed by atoms with Crippen molar-refractivity contribution in [2.45, 2.75) is 19.8 Å². The number of aryl methyl sites for hydroxylation is 2. The van der Waals surface area contributed by atoms with Crippen LogP contribution in [0.3, 0.4) is 0 Å². The molecule has 8 nitrogen and oxygen atoms in total. The van der Waals surface area contributed by atoms with E-state index in [1.165, 1.54) is 0 Å². The largest absolute Gasteiger partial charge is 0.426 e. The van der Waals surface area contributed by atoms with Gasteiger partial charge in [-0.1, -0.05) is 12.1 Å². The maximum Gasteiger partial charge on any atom is 0.426 e. The molecule has 1 aromatic heterocycles. The molecule has 0 bridgehead atoms. The Kier molecular flexibility index (Phi) is 12.9. The van der Waals surface area contributed by atoms with Gasteiger partial charge in [-0.3, -0.25) is 15.2 Å². The third-order valence-corrected chi connectivity index (χ3v) is 4.82. The van der Waals surface area contributed by atoms with Crippen molar-refractivity contribution < 1.29 is 14.3 Å². The zero-order valence-electron chi connectivity index (χ0n) is 17.2. The number of piperazine rings is 1. The minimum atomic E-state index is -0.695. The summed E-state index contributed by atoms with van der Waals surface area (Å²) in [7, 11) is 0. The molecule has 0 saturated carbocycles. The number of hydrogen-bond acceptors (Lipinski definition) is 6. The number of hydrazine groups is 1. The van der Waals surface area contributed by atoms with Gasteiger partial charge in [-0.15, -0.1) is 37.2 Å². The van der Waals surface area contributed by atoms with E-state index in [4.69, 9.17) is 10.6 Å². The number of carbonyl (C=O) groups excluding carboxylic acids is 2. The van der Waals surface area contributed by atoms with E-state index in [9.17, 15) is 9.59 Å². The lowest BCUT2D eigenvalue weighted by Gasteiger charge is -2.35. The van der Waals surface area contributed by atoms with E-state index in [0.29, 0.717) is 5.75 Å². The van der Waals surface area contributed by atoms with Gasteiger partial charge in [0.15, 0.2) is 0 Å². The number of nitrogens with one attached hydrogen (secondary N) is 1. The first-order valence-electron chi connectivity index (χ1n) is 9.28. The number of nitrogens with two attached hydrogens (primary N) is 1. The standard InChI is InChI=1S/C20H25N5O3.3ClH/c1-15(26)24-10-12-25(13-11-24)18-7-6-17(22-14-18)5-2-16-3-8-19(9-4-16)28-20(27)23-21;;;/h3-4,6-9,14H,2,5,10-13,21H2,1H3,(H,23,27);3*1H. The van der Waals surface area contributed by atoms with Crippen LogP contribution in [0.4, 0.5) is 10.5 Å². The fraction of sp³-hybridized carbons (Fsp3) is 0.350. The number of nitrogens with zero attached hydrogens (tertiary/aromatic N) is 3. The summed E-state index contributed by atoms with van der Waals surface area (Å²) < 4.78 is 4.96. The van der Waals surface area contributed by atoms with Crippen molar-refractivity contribution in [1.82, 2.24) is 15.3 Å². The number of aromatic nitrogens is 1. The number of benzene rings is 1. The molecule has 1 aliphatic rings. The highest BCUT2D eigenvalue weighted by Gasteiger charge is 2.18. The molecule has 2 aromatic rings. The number of halogens is 3. The second-order valence-corrected chi connectivity index (χ2v) is 6.68.